The van der Waals surface area contributed by atoms with E-state index in [0.29, 0.717) is 22.9 Å². The van der Waals surface area contributed by atoms with Gasteiger partial charge in [0.05, 0.1) is 0 Å². The molecule has 0 unspecified atom stereocenters. The molecule has 0 saturated carbocycles. The second-order valence-electron chi connectivity index (χ2n) is 9.63. The van der Waals surface area contributed by atoms with E-state index in [2.05, 4.69) is 9.97 Å². The molecular weight excluding hydrogens is 569 g/mol. The average Bonchev–Trinajstić information content (AvgIpc) is 3.00. The number of nitrogens with zero attached hydrogens (tertiary/aromatic N) is 2. The van der Waals surface area contributed by atoms with Crippen LogP contribution in [0.3, 0.4) is 0 Å². The number of fused-ring (bicyclic) bond motifs is 2. The molecule has 0 aliphatic rings. The van der Waals surface area contributed by atoms with Gasteiger partial charge in [0.2, 0.25) is 5.78 Å². The fourth-order valence-electron chi connectivity index (χ4n) is 4.64. The minimum Gasteiger partial charge on any atom is -0.504 e. The van der Waals surface area contributed by atoms with Gasteiger partial charge in [-0.3, -0.25) is 14.8 Å². The Morgan fingerprint density at radius 2 is 0.952 bits per heavy atom. The molecule has 0 bridgehead atoms. The molecule has 0 amide bonds. The molecule has 7 nitrogen and oxygen atoms in total. The zero-order valence-electron chi connectivity index (χ0n) is 22.1. The Kier molecular flexibility index (Phi) is 7.60. The van der Waals surface area contributed by atoms with Gasteiger partial charge in [-0.25, -0.2) is 0 Å². The number of phenolic OH excluding ortho intramolecular Hbond substituents is 4. The molecule has 0 radical (unpaired) electrons. The van der Waals surface area contributed by atoms with Gasteiger partial charge in [0.1, 0.15) is 11.4 Å². The Morgan fingerprint density at radius 3 is 1.38 bits per heavy atom. The molecule has 42 heavy (non-hydrogen) atoms. The Bertz CT molecular complexity index is 1840. The fraction of sp³-hybridized carbons (Fsp3) is 0.0606. The Morgan fingerprint density at radius 1 is 0.548 bits per heavy atom. The van der Waals surface area contributed by atoms with Crippen molar-refractivity contribution in [1.29, 1.82) is 0 Å². The number of aromatic hydroxyl groups is 4. The number of carbonyl (C=O) groups excluding carboxylic acids is 1. The van der Waals surface area contributed by atoms with Crippen LogP contribution in [-0.4, -0.2) is 36.2 Å². The monoisotopic (exact) mass is 592 g/mol. The molecule has 0 atom stereocenters. The van der Waals surface area contributed by atoms with Gasteiger partial charge < -0.3 is 20.4 Å². The van der Waals surface area contributed by atoms with Crippen LogP contribution < -0.4 is 0 Å². The predicted octanol–water partition coefficient (Wildman–Crippen LogP) is 7.42. The minimum absolute atomic E-state index is 0.160. The molecule has 2 heterocycles. The summed E-state index contributed by atoms with van der Waals surface area (Å²) < 4.78 is 0. The summed E-state index contributed by atoms with van der Waals surface area (Å²) in [6.07, 6.45) is 3.21. The number of rotatable bonds is 8. The molecule has 6 rings (SSSR count). The summed E-state index contributed by atoms with van der Waals surface area (Å²) >= 11 is 3.09. The van der Waals surface area contributed by atoms with Crippen molar-refractivity contribution in [3.63, 3.8) is 0 Å². The van der Waals surface area contributed by atoms with Gasteiger partial charge in [0.25, 0.3) is 0 Å². The lowest BCUT2D eigenvalue weighted by molar-refractivity contribution is 0.102. The van der Waals surface area contributed by atoms with Crippen LogP contribution in [0, 0.1) is 0 Å². The van der Waals surface area contributed by atoms with Gasteiger partial charge >= 0.3 is 0 Å². The van der Waals surface area contributed by atoms with Gasteiger partial charge in [-0.05, 0) is 93.3 Å². The quantitative estimate of drug-likeness (QED) is 0.0812. The van der Waals surface area contributed by atoms with E-state index in [1.807, 2.05) is 48.5 Å². The smallest absolute Gasteiger partial charge is 0.230 e. The third-order valence-corrected chi connectivity index (χ3v) is 8.90. The van der Waals surface area contributed by atoms with E-state index in [4.69, 9.17) is 0 Å². The molecule has 9 heteroatoms. The third-order valence-electron chi connectivity index (χ3n) is 6.81. The van der Waals surface area contributed by atoms with E-state index in [-0.39, 0.29) is 28.8 Å². The first kappa shape index (κ1) is 27.4. The van der Waals surface area contributed by atoms with Crippen LogP contribution in [0.5, 0.6) is 23.0 Å². The van der Waals surface area contributed by atoms with Crippen LogP contribution in [0.2, 0.25) is 0 Å². The molecule has 0 aliphatic carbocycles. The topological polar surface area (TPSA) is 124 Å². The zero-order valence-corrected chi connectivity index (χ0v) is 23.7. The van der Waals surface area contributed by atoms with E-state index >= 15 is 0 Å². The Balaban J connectivity index is 1.21. The lowest BCUT2D eigenvalue weighted by Crippen LogP contribution is -2.12. The number of carbonyl (C=O) groups is 1. The van der Waals surface area contributed by atoms with Crippen molar-refractivity contribution >= 4 is 50.9 Å². The van der Waals surface area contributed by atoms with Gasteiger partial charge in [0.15, 0.2) is 23.0 Å². The first-order valence-electron chi connectivity index (χ1n) is 13.0. The molecule has 0 fully saturated rings. The SMILES string of the molecule is O=C(c1ncccc1CSc1ccc2cc(O)c(O)cc2c1)c1ncccc1CSc1ccc2cc(O)c(O)cc2c1. The lowest BCUT2D eigenvalue weighted by atomic mass is 10.1. The third kappa shape index (κ3) is 5.70. The van der Waals surface area contributed by atoms with Gasteiger partial charge in [0, 0.05) is 33.7 Å². The maximum absolute atomic E-state index is 13.8. The van der Waals surface area contributed by atoms with Crippen molar-refractivity contribution in [2.24, 2.45) is 0 Å². The highest BCUT2D eigenvalue weighted by molar-refractivity contribution is 7.98. The molecule has 0 spiro atoms. The minimum atomic E-state index is -0.250. The largest absolute Gasteiger partial charge is 0.504 e. The first-order valence-corrected chi connectivity index (χ1v) is 14.9. The highest BCUT2D eigenvalue weighted by atomic mass is 32.2. The standard InChI is InChI=1S/C33H24N2O5S2/c36-27-13-19-5-7-25(11-23(19)15-29(27)38)41-17-21-3-1-9-34-31(21)33(40)32-22(4-2-10-35-32)18-42-26-8-6-20-14-28(37)30(39)16-24(20)12-26/h1-16,36-39H,17-18H2. The van der Waals surface area contributed by atoms with Crippen LogP contribution >= 0.6 is 23.5 Å². The molecule has 6 aromatic rings. The van der Waals surface area contributed by atoms with Crippen molar-refractivity contribution in [2.45, 2.75) is 21.3 Å². The molecule has 0 aliphatic heterocycles. The van der Waals surface area contributed by atoms with E-state index in [0.717, 1.165) is 42.5 Å². The van der Waals surface area contributed by atoms with E-state index in [9.17, 15) is 25.2 Å². The number of phenols is 4. The van der Waals surface area contributed by atoms with Crippen molar-refractivity contribution < 1.29 is 25.2 Å². The second-order valence-corrected chi connectivity index (χ2v) is 11.7. The maximum Gasteiger partial charge on any atom is 0.230 e. The van der Waals surface area contributed by atoms with E-state index < -0.39 is 0 Å². The lowest BCUT2D eigenvalue weighted by Gasteiger charge is -2.11. The number of pyridine rings is 2. The fourth-order valence-corrected chi connectivity index (χ4v) is 6.50. The number of ketones is 1. The van der Waals surface area contributed by atoms with Crippen LogP contribution in [0.15, 0.2) is 107 Å². The van der Waals surface area contributed by atoms with Gasteiger partial charge in [-0.1, -0.05) is 24.3 Å². The van der Waals surface area contributed by atoms with E-state index in [1.165, 1.54) is 24.3 Å². The van der Waals surface area contributed by atoms with Gasteiger partial charge in [-0.15, -0.1) is 23.5 Å². The number of hydrogen-bond acceptors (Lipinski definition) is 9. The van der Waals surface area contributed by atoms with Crippen molar-refractivity contribution in [1.82, 2.24) is 9.97 Å². The summed E-state index contributed by atoms with van der Waals surface area (Å²) in [6.45, 7) is 0. The number of aromatic nitrogens is 2. The first-order chi connectivity index (χ1) is 20.4. The highest BCUT2D eigenvalue weighted by Gasteiger charge is 2.20. The van der Waals surface area contributed by atoms with Crippen LogP contribution in [0.4, 0.5) is 0 Å². The summed E-state index contributed by atoms with van der Waals surface area (Å²) in [5.41, 5.74) is 2.25. The predicted molar refractivity (Wildman–Crippen MR) is 166 cm³/mol. The highest BCUT2D eigenvalue weighted by Crippen LogP contribution is 2.35. The van der Waals surface area contributed by atoms with Crippen molar-refractivity contribution in [3.05, 3.63) is 120 Å². The van der Waals surface area contributed by atoms with Crippen molar-refractivity contribution in [2.75, 3.05) is 0 Å². The summed E-state index contributed by atoms with van der Waals surface area (Å²) in [5, 5.41) is 42.5. The Labute approximate surface area is 249 Å². The van der Waals surface area contributed by atoms with E-state index in [1.54, 1.807) is 48.1 Å². The molecule has 2 aromatic heterocycles. The molecule has 0 saturated heterocycles. The molecule has 4 aromatic carbocycles. The molecule has 208 valence electrons. The maximum atomic E-state index is 13.8. The average molecular weight is 593 g/mol. The summed E-state index contributed by atoms with van der Waals surface area (Å²) in [5.74, 6) is 0.0885. The van der Waals surface area contributed by atoms with Crippen LogP contribution in [0.25, 0.3) is 21.5 Å². The number of hydrogen-bond donors (Lipinski definition) is 4. The number of benzene rings is 4. The van der Waals surface area contributed by atoms with Gasteiger partial charge in [-0.2, -0.15) is 0 Å². The normalized spacial score (nSPS) is 11.2. The van der Waals surface area contributed by atoms with Crippen LogP contribution in [0.1, 0.15) is 27.3 Å². The summed E-state index contributed by atoms with van der Waals surface area (Å²) in [6, 6.07) is 25.0. The zero-order chi connectivity index (χ0) is 29.2. The van der Waals surface area contributed by atoms with Crippen molar-refractivity contribution in [3.8, 4) is 23.0 Å². The summed E-state index contributed by atoms with van der Waals surface area (Å²) in [4.78, 5) is 24.5. The molecule has 4 N–H and O–H groups in total. The second kappa shape index (κ2) is 11.6. The summed E-state index contributed by atoms with van der Waals surface area (Å²) in [7, 11) is 0. The van der Waals surface area contributed by atoms with Crippen LogP contribution in [-0.2, 0) is 11.5 Å². The molecular formula is C33H24N2O5S2. The Hall–Kier alpha value is -4.73. The number of thioether (sulfide) groups is 2.